The first-order chi connectivity index (χ1) is 12.3. The molecule has 1 aromatic heterocycles. The summed E-state index contributed by atoms with van der Waals surface area (Å²) in [6.07, 6.45) is -6.86. The van der Waals surface area contributed by atoms with E-state index in [1.54, 1.807) is 13.1 Å². The van der Waals surface area contributed by atoms with Gasteiger partial charge in [0.15, 0.2) is 26.0 Å². The molecule has 1 aliphatic rings. The lowest BCUT2D eigenvalue weighted by Crippen LogP contribution is -2.47. The highest BCUT2D eigenvalue weighted by atomic mass is 28.4. The van der Waals surface area contributed by atoms with Crippen molar-refractivity contribution in [2.24, 2.45) is 0 Å². The standard InChI is InChI=1S/C18H31BF3NO4Si/c1-11-23-12(13(18(20,21)22)25-28(9,10)15(2,3)4)14(24-11)19-26-16(5,6)17(7,8)27-19/h13H,1-10H3. The Morgan fingerprint density at radius 1 is 1.04 bits per heavy atom. The predicted molar refractivity (Wildman–Crippen MR) is 104 cm³/mol. The van der Waals surface area contributed by atoms with E-state index in [4.69, 9.17) is 18.2 Å². The van der Waals surface area contributed by atoms with E-state index in [1.807, 2.05) is 48.5 Å². The lowest BCUT2D eigenvalue weighted by Gasteiger charge is -2.39. The van der Waals surface area contributed by atoms with Crippen molar-refractivity contribution in [2.45, 2.75) is 97.0 Å². The van der Waals surface area contributed by atoms with Gasteiger partial charge in [0.1, 0.15) is 5.69 Å². The van der Waals surface area contributed by atoms with E-state index >= 15 is 0 Å². The molecule has 2 heterocycles. The first kappa shape index (κ1) is 23.4. The van der Waals surface area contributed by atoms with Gasteiger partial charge in [0.05, 0.1) is 11.2 Å². The van der Waals surface area contributed by atoms with Crippen molar-refractivity contribution >= 4 is 21.1 Å². The molecule has 0 radical (unpaired) electrons. The summed E-state index contributed by atoms with van der Waals surface area (Å²) in [6.45, 7) is 18.0. The molecule has 160 valence electrons. The van der Waals surface area contributed by atoms with E-state index in [0.29, 0.717) is 0 Å². The molecule has 0 aliphatic carbocycles. The predicted octanol–water partition coefficient (Wildman–Crippen LogP) is 4.91. The maximum absolute atomic E-state index is 14.0. The number of halogens is 3. The van der Waals surface area contributed by atoms with Crippen LogP contribution in [0, 0.1) is 6.92 Å². The Labute approximate surface area is 166 Å². The van der Waals surface area contributed by atoms with Gasteiger partial charge in [-0.05, 0) is 45.8 Å². The second-order valence-corrected chi connectivity index (χ2v) is 14.6. The average molecular weight is 421 g/mol. The zero-order chi connectivity index (χ0) is 21.9. The Bertz CT molecular complexity index is 709. The fourth-order valence-corrected chi connectivity index (χ4v) is 3.70. The number of rotatable bonds is 4. The summed E-state index contributed by atoms with van der Waals surface area (Å²) >= 11 is 0. The van der Waals surface area contributed by atoms with Crippen molar-refractivity contribution in [3.05, 3.63) is 11.6 Å². The van der Waals surface area contributed by atoms with Crippen molar-refractivity contribution in [3.8, 4) is 0 Å². The summed E-state index contributed by atoms with van der Waals surface area (Å²) < 4.78 is 65.2. The molecule has 5 nitrogen and oxygen atoms in total. The van der Waals surface area contributed by atoms with Crippen LogP contribution in [0.4, 0.5) is 13.2 Å². The molecule has 0 aromatic carbocycles. The number of nitrogens with zero attached hydrogens (tertiary/aromatic N) is 1. The number of aryl methyl sites for hydroxylation is 1. The average Bonchev–Trinajstić information content (AvgIpc) is 2.91. The summed E-state index contributed by atoms with van der Waals surface area (Å²) in [5, 5.41) is -0.403. The quantitative estimate of drug-likeness (QED) is 0.647. The second kappa shape index (κ2) is 6.85. The zero-order valence-electron chi connectivity index (χ0n) is 18.4. The molecule has 0 saturated carbocycles. The van der Waals surface area contributed by atoms with Crippen LogP contribution in [0.15, 0.2) is 4.42 Å². The van der Waals surface area contributed by atoms with Crippen LogP contribution in [0.25, 0.3) is 0 Å². The minimum absolute atomic E-state index is 0.0859. The molecule has 1 fully saturated rings. The summed E-state index contributed by atoms with van der Waals surface area (Å²) in [5.41, 5.74) is -1.85. The molecule has 1 atom stereocenters. The number of alkyl halides is 3. The minimum atomic E-state index is -4.66. The van der Waals surface area contributed by atoms with Gasteiger partial charge in [-0.25, -0.2) is 4.98 Å². The molecular formula is C18H31BF3NO4Si. The van der Waals surface area contributed by atoms with E-state index in [1.165, 1.54) is 6.92 Å². The van der Waals surface area contributed by atoms with Gasteiger partial charge >= 0.3 is 13.3 Å². The Hall–Kier alpha value is -0.838. The maximum atomic E-state index is 14.0. The highest BCUT2D eigenvalue weighted by Crippen LogP contribution is 2.45. The van der Waals surface area contributed by atoms with E-state index in [-0.39, 0.29) is 17.2 Å². The summed E-state index contributed by atoms with van der Waals surface area (Å²) in [5.74, 6) is 0.104. The molecule has 0 bridgehead atoms. The third-order valence-corrected chi connectivity index (χ3v) is 10.5. The Morgan fingerprint density at radius 3 is 1.89 bits per heavy atom. The zero-order valence-corrected chi connectivity index (χ0v) is 19.4. The molecule has 0 amide bonds. The van der Waals surface area contributed by atoms with Crippen molar-refractivity contribution in [3.63, 3.8) is 0 Å². The molecule has 2 rings (SSSR count). The van der Waals surface area contributed by atoms with Crippen LogP contribution < -0.4 is 5.66 Å². The van der Waals surface area contributed by atoms with E-state index in [9.17, 15) is 13.2 Å². The molecule has 10 heteroatoms. The van der Waals surface area contributed by atoms with E-state index in [0.717, 1.165) is 0 Å². The summed E-state index contributed by atoms with van der Waals surface area (Å²) in [4.78, 5) is 4.03. The maximum Gasteiger partial charge on any atom is 0.534 e. The van der Waals surface area contributed by atoms with Gasteiger partial charge < -0.3 is 18.2 Å². The lowest BCUT2D eigenvalue weighted by atomic mass is 9.83. The van der Waals surface area contributed by atoms with Crippen LogP contribution in [0.1, 0.15) is 66.2 Å². The van der Waals surface area contributed by atoms with Gasteiger partial charge in [0, 0.05) is 6.92 Å². The molecular weight excluding hydrogens is 390 g/mol. The third kappa shape index (κ3) is 4.34. The van der Waals surface area contributed by atoms with E-state index < -0.39 is 44.0 Å². The number of hydrogen-bond acceptors (Lipinski definition) is 5. The summed E-state index contributed by atoms with van der Waals surface area (Å²) in [6, 6.07) is 0. The molecule has 1 aliphatic heterocycles. The Kier molecular flexibility index (Phi) is 5.74. The van der Waals surface area contributed by atoms with Gasteiger partial charge in [-0.15, -0.1) is 0 Å². The molecule has 1 aromatic rings. The normalized spacial score (nSPS) is 21.2. The van der Waals surface area contributed by atoms with E-state index in [2.05, 4.69) is 4.98 Å². The monoisotopic (exact) mass is 421 g/mol. The fraction of sp³-hybridized carbons (Fsp3) is 0.833. The largest absolute Gasteiger partial charge is 0.534 e. The Balaban J connectivity index is 2.50. The minimum Gasteiger partial charge on any atom is -0.449 e. The first-order valence-electron chi connectivity index (χ1n) is 9.36. The molecule has 0 N–H and O–H groups in total. The van der Waals surface area contributed by atoms with Gasteiger partial charge in [-0.1, -0.05) is 20.8 Å². The molecule has 1 unspecified atom stereocenters. The van der Waals surface area contributed by atoms with Crippen LogP contribution in [0.5, 0.6) is 0 Å². The van der Waals surface area contributed by atoms with Crippen LogP contribution in [-0.2, 0) is 13.7 Å². The van der Waals surface area contributed by atoms with Gasteiger partial charge in [-0.2, -0.15) is 13.2 Å². The molecule has 28 heavy (non-hydrogen) atoms. The van der Waals surface area contributed by atoms with Crippen LogP contribution >= 0.6 is 0 Å². The van der Waals surface area contributed by atoms with Crippen molar-refractivity contribution in [1.29, 1.82) is 0 Å². The van der Waals surface area contributed by atoms with Crippen molar-refractivity contribution in [1.82, 2.24) is 4.98 Å². The van der Waals surface area contributed by atoms with Gasteiger partial charge in [-0.3, -0.25) is 0 Å². The van der Waals surface area contributed by atoms with Crippen molar-refractivity contribution in [2.75, 3.05) is 0 Å². The third-order valence-electron chi connectivity index (χ3n) is 6.02. The highest BCUT2D eigenvalue weighted by molar-refractivity contribution is 6.74. The number of aromatic nitrogens is 1. The van der Waals surface area contributed by atoms with Crippen LogP contribution in [0.3, 0.4) is 0 Å². The van der Waals surface area contributed by atoms with Gasteiger partial charge in [0.2, 0.25) is 0 Å². The number of hydrogen-bond donors (Lipinski definition) is 0. The van der Waals surface area contributed by atoms with Crippen LogP contribution in [-0.4, -0.2) is 37.8 Å². The highest BCUT2D eigenvalue weighted by Gasteiger charge is 2.57. The lowest BCUT2D eigenvalue weighted by molar-refractivity contribution is -0.202. The molecule has 0 spiro atoms. The first-order valence-corrected chi connectivity index (χ1v) is 12.3. The van der Waals surface area contributed by atoms with Gasteiger partial charge in [0.25, 0.3) is 0 Å². The molecule has 1 saturated heterocycles. The number of oxazole rings is 1. The Morgan fingerprint density at radius 2 is 1.50 bits per heavy atom. The summed E-state index contributed by atoms with van der Waals surface area (Å²) in [7, 11) is -3.84. The topological polar surface area (TPSA) is 53.7 Å². The van der Waals surface area contributed by atoms with Crippen molar-refractivity contribution < 1.29 is 31.3 Å². The van der Waals surface area contributed by atoms with Crippen LogP contribution in [0.2, 0.25) is 18.1 Å². The SMILES string of the molecule is Cc1nc(C(O[Si](C)(C)C(C)(C)C)C(F)(F)F)c(B2OC(C)(C)C(C)(C)O2)o1. The smallest absolute Gasteiger partial charge is 0.449 e. The fourth-order valence-electron chi connectivity index (χ4n) is 2.51. The second-order valence-electron chi connectivity index (χ2n) is 9.87.